The average Bonchev–Trinajstić information content (AvgIpc) is 2.65. The van der Waals surface area contributed by atoms with Gasteiger partial charge in [0.05, 0.1) is 5.92 Å². The predicted molar refractivity (Wildman–Crippen MR) is 60.1 cm³/mol. The second kappa shape index (κ2) is 4.72. The molecule has 0 radical (unpaired) electrons. The molecule has 2 atom stereocenters. The van der Waals surface area contributed by atoms with Crippen molar-refractivity contribution in [3.63, 3.8) is 0 Å². The Morgan fingerprint density at radius 3 is 2.44 bits per heavy atom. The summed E-state index contributed by atoms with van der Waals surface area (Å²) in [6.07, 6.45) is 6.27. The average molecular weight is 227 g/mol. The van der Waals surface area contributed by atoms with Gasteiger partial charge in [0.25, 0.3) is 0 Å². The molecule has 0 saturated heterocycles. The SMILES string of the molecule is O=C(O)C1CCC1NCC1(CO)CCCC1. The third kappa shape index (κ3) is 2.23. The summed E-state index contributed by atoms with van der Waals surface area (Å²) in [4.78, 5) is 10.8. The van der Waals surface area contributed by atoms with E-state index in [2.05, 4.69) is 5.32 Å². The highest BCUT2D eigenvalue weighted by atomic mass is 16.4. The summed E-state index contributed by atoms with van der Waals surface area (Å²) in [6.45, 7) is 1.00. The van der Waals surface area contributed by atoms with Crippen LogP contribution in [0.4, 0.5) is 0 Å². The topological polar surface area (TPSA) is 69.6 Å². The fourth-order valence-corrected chi connectivity index (χ4v) is 2.90. The zero-order valence-electron chi connectivity index (χ0n) is 9.61. The molecule has 2 aliphatic rings. The quantitative estimate of drug-likeness (QED) is 0.655. The van der Waals surface area contributed by atoms with Crippen molar-refractivity contribution in [2.45, 2.75) is 44.6 Å². The first-order chi connectivity index (χ1) is 7.67. The number of hydrogen-bond donors (Lipinski definition) is 3. The molecule has 4 heteroatoms. The molecule has 0 aromatic rings. The first kappa shape index (κ1) is 11.9. The molecule has 3 N–H and O–H groups in total. The van der Waals surface area contributed by atoms with Crippen molar-refractivity contribution >= 4 is 5.97 Å². The lowest BCUT2D eigenvalue weighted by Gasteiger charge is -2.37. The Morgan fingerprint density at radius 1 is 1.31 bits per heavy atom. The summed E-state index contributed by atoms with van der Waals surface area (Å²) in [5.41, 5.74) is 0.0264. The van der Waals surface area contributed by atoms with Gasteiger partial charge in [0.15, 0.2) is 0 Å². The predicted octanol–water partition coefficient (Wildman–Crippen LogP) is 0.992. The summed E-state index contributed by atoms with van der Waals surface area (Å²) in [6, 6.07) is 0.126. The minimum absolute atomic E-state index is 0.0264. The number of nitrogens with one attached hydrogen (secondary N) is 1. The molecule has 0 aromatic heterocycles. The molecule has 2 rings (SSSR count). The highest BCUT2D eigenvalue weighted by Gasteiger charge is 2.39. The molecule has 4 nitrogen and oxygen atoms in total. The van der Waals surface area contributed by atoms with Crippen LogP contribution in [-0.4, -0.2) is 35.4 Å². The van der Waals surface area contributed by atoms with Crippen molar-refractivity contribution in [2.75, 3.05) is 13.2 Å². The summed E-state index contributed by atoms with van der Waals surface area (Å²) < 4.78 is 0. The number of rotatable bonds is 5. The number of aliphatic carboxylic acids is 1. The van der Waals surface area contributed by atoms with Crippen molar-refractivity contribution < 1.29 is 15.0 Å². The number of carbonyl (C=O) groups is 1. The maximum atomic E-state index is 10.8. The molecule has 0 bridgehead atoms. The van der Waals surface area contributed by atoms with Gasteiger partial charge in [-0.25, -0.2) is 0 Å². The van der Waals surface area contributed by atoms with E-state index in [1.807, 2.05) is 0 Å². The van der Waals surface area contributed by atoms with Crippen LogP contribution in [0.2, 0.25) is 0 Å². The van der Waals surface area contributed by atoms with Gasteiger partial charge in [0, 0.05) is 24.6 Å². The van der Waals surface area contributed by atoms with Crippen LogP contribution >= 0.6 is 0 Å². The van der Waals surface area contributed by atoms with Crippen LogP contribution in [0.3, 0.4) is 0 Å². The van der Waals surface area contributed by atoms with Gasteiger partial charge in [-0.1, -0.05) is 12.8 Å². The zero-order valence-corrected chi connectivity index (χ0v) is 9.61. The largest absolute Gasteiger partial charge is 0.481 e. The molecule has 0 spiro atoms. The van der Waals surface area contributed by atoms with E-state index in [1.54, 1.807) is 0 Å². The first-order valence-corrected chi connectivity index (χ1v) is 6.24. The minimum atomic E-state index is -0.687. The summed E-state index contributed by atoms with van der Waals surface area (Å²) >= 11 is 0. The normalized spacial score (nSPS) is 32.3. The second-order valence-corrected chi connectivity index (χ2v) is 5.37. The monoisotopic (exact) mass is 227 g/mol. The second-order valence-electron chi connectivity index (χ2n) is 5.37. The van der Waals surface area contributed by atoms with E-state index in [0.717, 1.165) is 32.2 Å². The van der Waals surface area contributed by atoms with Crippen LogP contribution in [-0.2, 0) is 4.79 Å². The number of aliphatic hydroxyl groups is 1. The lowest BCUT2D eigenvalue weighted by Crippen LogP contribution is -2.51. The molecular weight excluding hydrogens is 206 g/mol. The van der Waals surface area contributed by atoms with Crippen molar-refractivity contribution in [1.29, 1.82) is 0 Å². The zero-order chi connectivity index (χ0) is 11.6. The van der Waals surface area contributed by atoms with E-state index in [4.69, 9.17) is 5.11 Å². The van der Waals surface area contributed by atoms with E-state index in [0.29, 0.717) is 0 Å². The molecule has 0 aliphatic heterocycles. The van der Waals surface area contributed by atoms with Gasteiger partial charge >= 0.3 is 5.97 Å². The lowest BCUT2D eigenvalue weighted by molar-refractivity contribution is -0.146. The molecule has 92 valence electrons. The molecule has 2 unspecified atom stereocenters. The van der Waals surface area contributed by atoms with E-state index in [1.165, 1.54) is 12.8 Å². The van der Waals surface area contributed by atoms with Crippen molar-refractivity contribution in [2.24, 2.45) is 11.3 Å². The van der Waals surface area contributed by atoms with Gasteiger partial charge in [0.2, 0.25) is 0 Å². The number of carboxylic acid groups (broad SMARTS) is 1. The van der Waals surface area contributed by atoms with E-state index < -0.39 is 5.97 Å². The fourth-order valence-electron chi connectivity index (χ4n) is 2.90. The van der Waals surface area contributed by atoms with Gasteiger partial charge in [-0.15, -0.1) is 0 Å². The Morgan fingerprint density at radius 2 is 2.00 bits per heavy atom. The molecule has 2 aliphatic carbocycles. The third-order valence-electron chi connectivity index (χ3n) is 4.33. The van der Waals surface area contributed by atoms with Crippen LogP contribution in [0, 0.1) is 11.3 Å². The molecular formula is C12H21NO3. The molecule has 0 amide bonds. The Kier molecular flexibility index (Phi) is 3.50. The van der Waals surface area contributed by atoms with Gasteiger partial charge in [-0.3, -0.25) is 4.79 Å². The van der Waals surface area contributed by atoms with E-state index >= 15 is 0 Å². The maximum absolute atomic E-state index is 10.8. The molecule has 0 heterocycles. The van der Waals surface area contributed by atoms with Crippen LogP contribution in [0.1, 0.15) is 38.5 Å². The van der Waals surface area contributed by atoms with Gasteiger partial charge in [0.1, 0.15) is 0 Å². The summed E-state index contributed by atoms with van der Waals surface area (Å²) in [5.74, 6) is -0.898. The lowest BCUT2D eigenvalue weighted by atomic mass is 9.78. The Hall–Kier alpha value is -0.610. The van der Waals surface area contributed by atoms with Crippen LogP contribution < -0.4 is 5.32 Å². The van der Waals surface area contributed by atoms with Crippen molar-refractivity contribution in [3.05, 3.63) is 0 Å². The molecule has 0 aromatic carbocycles. The minimum Gasteiger partial charge on any atom is -0.481 e. The third-order valence-corrected chi connectivity index (χ3v) is 4.33. The maximum Gasteiger partial charge on any atom is 0.308 e. The van der Waals surface area contributed by atoms with Gasteiger partial charge in [-0.2, -0.15) is 0 Å². The standard InChI is InChI=1S/C12H21NO3/c14-8-12(5-1-2-6-12)7-13-10-4-3-9(10)11(15)16/h9-10,13-14H,1-8H2,(H,15,16). The fraction of sp³-hybridized carbons (Fsp3) is 0.917. The van der Waals surface area contributed by atoms with E-state index in [-0.39, 0.29) is 24.0 Å². The number of aliphatic hydroxyl groups excluding tert-OH is 1. The number of hydrogen-bond acceptors (Lipinski definition) is 3. The molecule has 16 heavy (non-hydrogen) atoms. The van der Waals surface area contributed by atoms with Crippen LogP contribution in [0.15, 0.2) is 0 Å². The Labute approximate surface area is 96.0 Å². The van der Waals surface area contributed by atoms with E-state index in [9.17, 15) is 9.90 Å². The summed E-state index contributed by atoms with van der Waals surface area (Å²) in [5, 5.41) is 21.7. The van der Waals surface area contributed by atoms with Gasteiger partial charge in [-0.05, 0) is 25.7 Å². The molecule has 2 fully saturated rings. The Balaban J connectivity index is 1.80. The Bertz CT molecular complexity index is 261. The highest BCUT2D eigenvalue weighted by molar-refractivity contribution is 5.72. The highest BCUT2D eigenvalue weighted by Crippen LogP contribution is 2.38. The summed E-state index contributed by atoms with van der Waals surface area (Å²) in [7, 11) is 0. The van der Waals surface area contributed by atoms with Crippen LogP contribution in [0.5, 0.6) is 0 Å². The van der Waals surface area contributed by atoms with Gasteiger partial charge < -0.3 is 15.5 Å². The number of carboxylic acids is 1. The van der Waals surface area contributed by atoms with Crippen LogP contribution in [0.25, 0.3) is 0 Å². The molecule has 2 saturated carbocycles. The van der Waals surface area contributed by atoms with Crippen molar-refractivity contribution in [1.82, 2.24) is 5.32 Å². The smallest absolute Gasteiger partial charge is 0.308 e. The van der Waals surface area contributed by atoms with Crippen molar-refractivity contribution in [3.8, 4) is 0 Å². The first-order valence-electron chi connectivity index (χ1n) is 6.24.